The normalized spacial score (nSPS) is 15.8. The van der Waals surface area contributed by atoms with Crippen LogP contribution in [0, 0.1) is 0 Å². The van der Waals surface area contributed by atoms with Crippen LogP contribution in [0.5, 0.6) is 0 Å². The van der Waals surface area contributed by atoms with Crippen molar-refractivity contribution in [3.63, 3.8) is 0 Å². The fourth-order valence-corrected chi connectivity index (χ4v) is 1.95. The Balaban J connectivity index is 2.15. The van der Waals surface area contributed by atoms with Crippen LogP contribution in [0.2, 0.25) is 0 Å². The number of carbonyl (C=O) groups is 3. The molecule has 0 bridgehead atoms. The van der Waals surface area contributed by atoms with Crippen molar-refractivity contribution >= 4 is 17.9 Å². The van der Waals surface area contributed by atoms with E-state index in [-0.39, 0.29) is 18.4 Å². The second-order valence-electron chi connectivity index (χ2n) is 4.69. The summed E-state index contributed by atoms with van der Waals surface area (Å²) in [6, 6.07) is -0.145. The summed E-state index contributed by atoms with van der Waals surface area (Å²) < 4.78 is 0. The van der Waals surface area contributed by atoms with Gasteiger partial charge < -0.3 is 20.6 Å². The number of urea groups is 1. The second kappa shape index (κ2) is 8.36. The summed E-state index contributed by atoms with van der Waals surface area (Å²) in [5.41, 5.74) is 0. The number of nitrogens with zero attached hydrogens (tertiary/aromatic N) is 2. The minimum absolute atomic E-state index is 0.119. The lowest BCUT2D eigenvalue weighted by molar-refractivity contribution is -0.137. The SMILES string of the molecule is CC(=O)NCCNC(=O)N1CCN(CCC(=O)O)CC1. The van der Waals surface area contributed by atoms with Crippen molar-refractivity contribution in [2.24, 2.45) is 0 Å². The molecule has 0 unspecified atom stereocenters. The van der Waals surface area contributed by atoms with E-state index in [0.29, 0.717) is 45.8 Å². The zero-order valence-corrected chi connectivity index (χ0v) is 11.7. The summed E-state index contributed by atoms with van der Waals surface area (Å²) in [5.74, 6) is -0.922. The fourth-order valence-electron chi connectivity index (χ4n) is 1.95. The molecular weight excluding hydrogens is 264 g/mol. The number of carbonyl (C=O) groups excluding carboxylic acids is 2. The van der Waals surface area contributed by atoms with E-state index in [1.165, 1.54) is 6.92 Å². The average Bonchev–Trinajstić information content (AvgIpc) is 2.41. The van der Waals surface area contributed by atoms with Crippen molar-refractivity contribution in [1.29, 1.82) is 0 Å². The Morgan fingerprint density at radius 3 is 2.20 bits per heavy atom. The summed E-state index contributed by atoms with van der Waals surface area (Å²) in [7, 11) is 0. The molecule has 0 aromatic heterocycles. The fraction of sp³-hybridized carbons (Fsp3) is 0.750. The Bertz CT molecular complexity index is 353. The Labute approximate surface area is 118 Å². The zero-order valence-electron chi connectivity index (χ0n) is 11.7. The first-order chi connectivity index (χ1) is 9.49. The lowest BCUT2D eigenvalue weighted by atomic mass is 10.3. The molecule has 0 atom stereocenters. The van der Waals surface area contributed by atoms with E-state index in [2.05, 4.69) is 10.6 Å². The Hall–Kier alpha value is -1.83. The highest BCUT2D eigenvalue weighted by molar-refractivity contribution is 5.75. The first-order valence-electron chi connectivity index (χ1n) is 6.70. The molecule has 0 saturated carbocycles. The Kier molecular flexibility index (Phi) is 6.78. The van der Waals surface area contributed by atoms with Crippen molar-refractivity contribution in [3.05, 3.63) is 0 Å². The van der Waals surface area contributed by atoms with Gasteiger partial charge in [-0.1, -0.05) is 0 Å². The number of hydrogen-bond acceptors (Lipinski definition) is 4. The number of amides is 3. The molecule has 1 rings (SSSR count). The van der Waals surface area contributed by atoms with Crippen LogP contribution in [0.25, 0.3) is 0 Å². The number of carboxylic acid groups (broad SMARTS) is 1. The standard InChI is InChI=1S/C12H22N4O4/c1-10(17)13-3-4-14-12(20)16-8-6-15(7-9-16)5-2-11(18)19/h2-9H2,1H3,(H,13,17)(H,14,20)(H,18,19). The van der Waals surface area contributed by atoms with Crippen LogP contribution in [-0.2, 0) is 9.59 Å². The molecule has 1 saturated heterocycles. The predicted molar refractivity (Wildman–Crippen MR) is 72.3 cm³/mol. The number of hydrogen-bond donors (Lipinski definition) is 3. The van der Waals surface area contributed by atoms with Crippen LogP contribution in [0.3, 0.4) is 0 Å². The van der Waals surface area contributed by atoms with E-state index in [1.807, 2.05) is 4.90 Å². The molecule has 3 N–H and O–H groups in total. The first-order valence-corrected chi connectivity index (χ1v) is 6.70. The average molecular weight is 286 g/mol. The summed E-state index contributed by atoms with van der Waals surface area (Å²) >= 11 is 0. The summed E-state index contributed by atoms with van der Waals surface area (Å²) in [6.07, 6.45) is 0.128. The van der Waals surface area contributed by atoms with Crippen molar-refractivity contribution < 1.29 is 19.5 Å². The molecule has 0 aliphatic carbocycles. The molecule has 0 aromatic carbocycles. The number of piperazine rings is 1. The van der Waals surface area contributed by atoms with Crippen molar-refractivity contribution in [3.8, 4) is 0 Å². The van der Waals surface area contributed by atoms with Gasteiger partial charge in [-0.3, -0.25) is 14.5 Å². The molecule has 1 aliphatic rings. The van der Waals surface area contributed by atoms with E-state index in [4.69, 9.17) is 5.11 Å². The number of nitrogens with one attached hydrogen (secondary N) is 2. The largest absolute Gasteiger partial charge is 0.481 e. The van der Waals surface area contributed by atoms with Gasteiger partial charge in [0.25, 0.3) is 0 Å². The summed E-state index contributed by atoms with van der Waals surface area (Å²) in [4.78, 5) is 36.7. The topological polar surface area (TPSA) is 102 Å². The highest BCUT2D eigenvalue weighted by atomic mass is 16.4. The monoisotopic (exact) mass is 286 g/mol. The molecule has 1 fully saturated rings. The maximum atomic E-state index is 11.8. The van der Waals surface area contributed by atoms with Gasteiger partial charge in [-0.2, -0.15) is 0 Å². The molecule has 0 radical (unpaired) electrons. The molecule has 0 spiro atoms. The zero-order chi connectivity index (χ0) is 15.0. The van der Waals surface area contributed by atoms with E-state index < -0.39 is 5.97 Å². The van der Waals surface area contributed by atoms with Crippen LogP contribution in [0.15, 0.2) is 0 Å². The second-order valence-corrected chi connectivity index (χ2v) is 4.69. The quantitative estimate of drug-likeness (QED) is 0.539. The molecule has 0 aromatic rings. The van der Waals surface area contributed by atoms with E-state index >= 15 is 0 Å². The minimum Gasteiger partial charge on any atom is -0.481 e. The molecule has 1 heterocycles. The maximum Gasteiger partial charge on any atom is 0.317 e. The highest BCUT2D eigenvalue weighted by Crippen LogP contribution is 2.02. The van der Waals surface area contributed by atoms with Gasteiger partial charge in [-0.15, -0.1) is 0 Å². The van der Waals surface area contributed by atoms with Crippen LogP contribution in [0.1, 0.15) is 13.3 Å². The molecule has 114 valence electrons. The van der Waals surface area contributed by atoms with Crippen molar-refractivity contribution in [2.75, 3.05) is 45.8 Å². The predicted octanol–water partition coefficient (Wildman–Crippen LogP) is -1.08. The van der Waals surface area contributed by atoms with Gasteiger partial charge in [0.05, 0.1) is 6.42 Å². The van der Waals surface area contributed by atoms with Crippen molar-refractivity contribution in [2.45, 2.75) is 13.3 Å². The van der Waals surface area contributed by atoms with Gasteiger partial charge in [-0.25, -0.2) is 4.79 Å². The summed E-state index contributed by atoms with van der Waals surface area (Å²) in [5, 5.41) is 13.9. The van der Waals surface area contributed by atoms with Crippen LogP contribution < -0.4 is 10.6 Å². The van der Waals surface area contributed by atoms with Gasteiger partial charge in [0.1, 0.15) is 0 Å². The minimum atomic E-state index is -0.803. The van der Waals surface area contributed by atoms with Crippen LogP contribution in [-0.4, -0.2) is 78.6 Å². The smallest absolute Gasteiger partial charge is 0.317 e. The highest BCUT2D eigenvalue weighted by Gasteiger charge is 2.20. The molecule has 8 nitrogen and oxygen atoms in total. The van der Waals surface area contributed by atoms with Crippen LogP contribution in [0.4, 0.5) is 4.79 Å². The number of carboxylic acids is 1. The van der Waals surface area contributed by atoms with Crippen LogP contribution >= 0.6 is 0 Å². The Morgan fingerprint density at radius 2 is 1.65 bits per heavy atom. The van der Waals surface area contributed by atoms with E-state index in [9.17, 15) is 14.4 Å². The third-order valence-electron chi connectivity index (χ3n) is 3.08. The van der Waals surface area contributed by atoms with Gasteiger partial charge in [0, 0.05) is 52.7 Å². The van der Waals surface area contributed by atoms with Gasteiger partial charge >= 0.3 is 12.0 Å². The Morgan fingerprint density at radius 1 is 1.05 bits per heavy atom. The third kappa shape index (κ3) is 6.37. The molecule has 8 heteroatoms. The lowest BCUT2D eigenvalue weighted by Gasteiger charge is -2.34. The number of rotatable bonds is 6. The maximum absolute atomic E-state index is 11.8. The molecule has 1 aliphatic heterocycles. The van der Waals surface area contributed by atoms with Gasteiger partial charge in [0.15, 0.2) is 0 Å². The molecular formula is C12H22N4O4. The van der Waals surface area contributed by atoms with Gasteiger partial charge in [-0.05, 0) is 0 Å². The lowest BCUT2D eigenvalue weighted by Crippen LogP contribution is -2.52. The molecule has 20 heavy (non-hydrogen) atoms. The summed E-state index contributed by atoms with van der Waals surface area (Å²) in [6.45, 7) is 5.32. The first kappa shape index (κ1) is 16.2. The number of aliphatic carboxylic acids is 1. The molecule has 3 amide bonds. The third-order valence-corrected chi connectivity index (χ3v) is 3.08. The van der Waals surface area contributed by atoms with Gasteiger partial charge in [0.2, 0.25) is 5.91 Å². The van der Waals surface area contributed by atoms with E-state index in [1.54, 1.807) is 4.90 Å². The van der Waals surface area contributed by atoms with Crippen molar-refractivity contribution in [1.82, 2.24) is 20.4 Å². The van der Waals surface area contributed by atoms with E-state index in [0.717, 1.165) is 0 Å².